The average molecular weight is 278 g/mol. The van der Waals surface area contributed by atoms with Gasteiger partial charge in [-0.25, -0.2) is 9.97 Å². The summed E-state index contributed by atoms with van der Waals surface area (Å²) >= 11 is 5.59. The van der Waals surface area contributed by atoms with E-state index < -0.39 is 0 Å². The van der Waals surface area contributed by atoms with E-state index in [4.69, 9.17) is 16.3 Å². The standard InChI is InChI=1S/C13H12ClN3O2/c14-12-9-16-11(8-17-12)13(18)15-6-7-19-10-4-2-1-3-5-10/h1-5,8-9H,6-7H2,(H,15,18). The molecule has 0 fully saturated rings. The van der Waals surface area contributed by atoms with Gasteiger partial charge in [-0.15, -0.1) is 0 Å². The van der Waals surface area contributed by atoms with Crippen molar-refractivity contribution in [2.75, 3.05) is 13.2 Å². The van der Waals surface area contributed by atoms with E-state index in [-0.39, 0.29) is 16.8 Å². The number of rotatable bonds is 5. The highest BCUT2D eigenvalue weighted by molar-refractivity contribution is 6.29. The Labute approximate surface area is 115 Å². The third-order valence-corrected chi connectivity index (χ3v) is 2.45. The minimum absolute atomic E-state index is 0.226. The number of para-hydroxylation sites is 1. The zero-order chi connectivity index (χ0) is 13.5. The number of hydrogen-bond donors (Lipinski definition) is 1. The summed E-state index contributed by atoms with van der Waals surface area (Å²) in [4.78, 5) is 19.3. The number of nitrogens with one attached hydrogen (secondary N) is 1. The van der Waals surface area contributed by atoms with Crippen LogP contribution in [0.25, 0.3) is 0 Å². The van der Waals surface area contributed by atoms with Crippen LogP contribution in [0.3, 0.4) is 0 Å². The molecule has 0 radical (unpaired) electrons. The Hall–Kier alpha value is -2.14. The van der Waals surface area contributed by atoms with E-state index in [9.17, 15) is 4.79 Å². The van der Waals surface area contributed by atoms with Crippen molar-refractivity contribution in [1.29, 1.82) is 0 Å². The van der Waals surface area contributed by atoms with Crippen LogP contribution in [0.5, 0.6) is 5.75 Å². The van der Waals surface area contributed by atoms with E-state index in [1.807, 2.05) is 30.3 Å². The SMILES string of the molecule is O=C(NCCOc1ccccc1)c1cnc(Cl)cn1. The number of ether oxygens (including phenoxy) is 1. The maximum atomic E-state index is 11.7. The molecule has 98 valence electrons. The lowest BCUT2D eigenvalue weighted by atomic mass is 10.3. The molecular formula is C13H12ClN3O2. The number of carbonyl (C=O) groups excluding carboxylic acids is 1. The summed E-state index contributed by atoms with van der Waals surface area (Å²) in [5.74, 6) is 0.462. The summed E-state index contributed by atoms with van der Waals surface area (Å²) < 4.78 is 5.44. The molecule has 0 saturated carbocycles. The molecule has 1 amide bonds. The fourth-order valence-corrected chi connectivity index (χ4v) is 1.47. The second kappa shape index (κ2) is 6.70. The molecule has 0 aliphatic rings. The van der Waals surface area contributed by atoms with Crippen LogP contribution in [0.4, 0.5) is 0 Å². The van der Waals surface area contributed by atoms with Gasteiger partial charge in [0, 0.05) is 0 Å². The van der Waals surface area contributed by atoms with Gasteiger partial charge < -0.3 is 10.1 Å². The monoisotopic (exact) mass is 277 g/mol. The predicted molar refractivity (Wildman–Crippen MR) is 71.3 cm³/mol. The lowest BCUT2D eigenvalue weighted by Gasteiger charge is -2.07. The Morgan fingerprint density at radius 1 is 1.21 bits per heavy atom. The molecule has 6 heteroatoms. The maximum Gasteiger partial charge on any atom is 0.271 e. The van der Waals surface area contributed by atoms with Gasteiger partial charge in [0.25, 0.3) is 5.91 Å². The Morgan fingerprint density at radius 2 is 2.00 bits per heavy atom. The highest BCUT2D eigenvalue weighted by atomic mass is 35.5. The first-order valence-electron chi connectivity index (χ1n) is 5.69. The van der Waals surface area contributed by atoms with Crippen molar-refractivity contribution >= 4 is 17.5 Å². The number of benzene rings is 1. The molecule has 1 aromatic heterocycles. The average Bonchev–Trinajstić information content (AvgIpc) is 2.45. The fraction of sp³-hybridized carbons (Fsp3) is 0.154. The number of halogens is 1. The van der Waals surface area contributed by atoms with Crippen molar-refractivity contribution in [3.05, 3.63) is 53.6 Å². The highest BCUT2D eigenvalue weighted by Crippen LogP contribution is 2.07. The molecule has 0 aliphatic carbocycles. The van der Waals surface area contributed by atoms with Crippen LogP contribution in [-0.4, -0.2) is 29.0 Å². The van der Waals surface area contributed by atoms with E-state index in [0.717, 1.165) is 5.75 Å². The summed E-state index contributed by atoms with van der Waals surface area (Å²) in [6, 6.07) is 9.39. The summed E-state index contributed by atoms with van der Waals surface area (Å²) in [6.45, 7) is 0.773. The molecule has 1 aromatic carbocycles. The number of amides is 1. The summed E-state index contributed by atoms with van der Waals surface area (Å²) in [7, 11) is 0. The number of hydrogen-bond acceptors (Lipinski definition) is 4. The maximum absolute atomic E-state index is 11.7. The smallest absolute Gasteiger partial charge is 0.271 e. The molecule has 0 spiro atoms. The lowest BCUT2D eigenvalue weighted by molar-refractivity contribution is 0.0941. The Balaban J connectivity index is 1.74. The predicted octanol–water partition coefficient (Wildman–Crippen LogP) is 1.94. The Bertz CT molecular complexity index is 531. The van der Waals surface area contributed by atoms with Crippen molar-refractivity contribution < 1.29 is 9.53 Å². The van der Waals surface area contributed by atoms with Gasteiger partial charge in [-0.05, 0) is 12.1 Å². The Kier molecular flexibility index (Phi) is 4.69. The molecule has 1 N–H and O–H groups in total. The molecule has 19 heavy (non-hydrogen) atoms. The van der Waals surface area contributed by atoms with Crippen molar-refractivity contribution in [2.24, 2.45) is 0 Å². The van der Waals surface area contributed by atoms with Crippen LogP contribution >= 0.6 is 11.6 Å². The first kappa shape index (κ1) is 13.3. The second-order valence-electron chi connectivity index (χ2n) is 3.64. The molecule has 0 aliphatic heterocycles. The normalized spacial score (nSPS) is 9.95. The minimum Gasteiger partial charge on any atom is -0.492 e. The van der Waals surface area contributed by atoms with Gasteiger partial charge in [0.05, 0.1) is 18.9 Å². The molecule has 0 unspecified atom stereocenters. The minimum atomic E-state index is -0.305. The van der Waals surface area contributed by atoms with E-state index >= 15 is 0 Å². The second-order valence-corrected chi connectivity index (χ2v) is 4.03. The van der Waals surface area contributed by atoms with Crippen LogP contribution < -0.4 is 10.1 Å². The zero-order valence-electron chi connectivity index (χ0n) is 10.0. The van der Waals surface area contributed by atoms with E-state index in [2.05, 4.69) is 15.3 Å². The van der Waals surface area contributed by atoms with Gasteiger partial charge in [-0.1, -0.05) is 29.8 Å². The summed E-state index contributed by atoms with van der Waals surface area (Å²) in [5, 5.41) is 2.93. The van der Waals surface area contributed by atoms with Crippen LogP contribution in [0.1, 0.15) is 10.5 Å². The first-order valence-corrected chi connectivity index (χ1v) is 6.07. The number of nitrogens with zero attached hydrogens (tertiary/aromatic N) is 2. The molecule has 2 rings (SSSR count). The topological polar surface area (TPSA) is 64.1 Å². The summed E-state index contributed by atoms with van der Waals surface area (Å²) in [6.07, 6.45) is 2.66. The van der Waals surface area contributed by atoms with Gasteiger partial charge in [0.1, 0.15) is 23.2 Å². The highest BCUT2D eigenvalue weighted by Gasteiger charge is 2.06. The van der Waals surface area contributed by atoms with E-state index in [0.29, 0.717) is 13.2 Å². The third-order valence-electron chi connectivity index (χ3n) is 2.25. The first-order chi connectivity index (χ1) is 9.25. The Morgan fingerprint density at radius 3 is 2.68 bits per heavy atom. The van der Waals surface area contributed by atoms with Gasteiger partial charge in [-0.3, -0.25) is 4.79 Å². The van der Waals surface area contributed by atoms with Crippen LogP contribution in [-0.2, 0) is 0 Å². The number of aromatic nitrogens is 2. The molecule has 5 nitrogen and oxygen atoms in total. The van der Waals surface area contributed by atoms with Crippen molar-refractivity contribution in [3.8, 4) is 5.75 Å². The van der Waals surface area contributed by atoms with Crippen molar-refractivity contribution in [2.45, 2.75) is 0 Å². The van der Waals surface area contributed by atoms with Gasteiger partial charge in [-0.2, -0.15) is 0 Å². The number of carbonyl (C=O) groups is 1. The van der Waals surface area contributed by atoms with Gasteiger partial charge in [0.15, 0.2) is 0 Å². The van der Waals surface area contributed by atoms with Crippen LogP contribution in [0.15, 0.2) is 42.7 Å². The fourth-order valence-electron chi connectivity index (χ4n) is 1.37. The molecule has 2 aromatic rings. The molecule has 0 saturated heterocycles. The van der Waals surface area contributed by atoms with E-state index in [1.54, 1.807) is 0 Å². The van der Waals surface area contributed by atoms with Gasteiger partial charge in [0.2, 0.25) is 0 Å². The molecule has 0 atom stereocenters. The van der Waals surface area contributed by atoms with Crippen LogP contribution in [0.2, 0.25) is 5.15 Å². The summed E-state index contributed by atoms with van der Waals surface area (Å²) in [5.41, 5.74) is 0.226. The molecule has 1 heterocycles. The molecule has 0 bridgehead atoms. The van der Waals surface area contributed by atoms with Crippen molar-refractivity contribution in [3.63, 3.8) is 0 Å². The third kappa shape index (κ3) is 4.22. The van der Waals surface area contributed by atoms with Gasteiger partial charge >= 0.3 is 0 Å². The quantitative estimate of drug-likeness (QED) is 0.849. The zero-order valence-corrected chi connectivity index (χ0v) is 10.8. The largest absolute Gasteiger partial charge is 0.492 e. The van der Waals surface area contributed by atoms with Crippen molar-refractivity contribution in [1.82, 2.24) is 15.3 Å². The molecular weight excluding hydrogens is 266 g/mol. The van der Waals surface area contributed by atoms with E-state index in [1.165, 1.54) is 12.4 Å². The lowest BCUT2D eigenvalue weighted by Crippen LogP contribution is -2.28. The van der Waals surface area contributed by atoms with Crippen LogP contribution in [0, 0.1) is 0 Å².